The standard InChI is InChI=1S/C10H18O2/c11-10(12)8-4-7-9-5-2-1-3-6-9/h9H,1-8H2,(H,11,12)/i8D2. The lowest BCUT2D eigenvalue weighted by molar-refractivity contribution is -0.137. The minimum Gasteiger partial charge on any atom is -0.481 e. The Hall–Kier alpha value is -0.530. The van der Waals surface area contributed by atoms with Crippen molar-refractivity contribution in [3.05, 3.63) is 0 Å². The molecular weight excluding hydrogens is 152 g/mol. The zero-order valence-electron chi connectivity index (χ0n) is 9.38. The maximum atomic E-state index is 10.5. The van der Waals surface area contributed by atoms with Crippen LogP contribution in [0.15, 0.2) is 0 Å². The molecule has 0 aliphatic heterocycles. The van der Waals surface area contributed by atoms with Crippen LogP contribution in [0, 0.1) is 5.92 Å². The van der Waals surface area contributed by atoms with Crippen LogP contribution in [0.3, 0.4) is 0 Å². The van der Waals surface area contributed by atoms with E-state index in [4.69, 9.17) is 7.85 Å². The van der Waals surface area contributed by atoms with Crippen LogP contribution in [0.1, 0.15) is 54.1 Å². The second kappa shape index (κ2) is 5.18. The Labute approximate surface area is 76.8 Å². The van der Waals surface area contributed by atoms with Gasteiger partial charge in [-0.3, -0.25) is 4.79 Å². The highest BCUT2D eigenvalue weighted by Crippen LogP contribution is 2.27. The van der Waals surface area contributed by atoms with Crippen LogP contribution in [-0.2, 0) is 4.79 Å². The van der Waals surface area contributed by atoms with Crippen molar-refractivity contribution in [3.8, 4) is 0 Å². The monoisotopic (exact) mass is 172 g/mol. The van der Waals surface area contributed by atoms with E-state index in [2.05, 4.69) is 0 Å². The molecule has 0 amide bonds. The Balaban J connectivity index is 2.28. The molecule has 0 spiro atoms. The molecule has 1 N–H and O–H groups in total. The van der Waals surface area contributed by atoms with Crippen LogP contribution in [0.4, 0.5) is 0 Å². The van der Waals surface area contributed by atoms with Crippen molar-refractivity contribution in [1.82, 2.24) is 0 Å². The summed E-state index contributed by atoms with van der Waals surface area (Å²) >= 11 is 0. The predicted octanol–water partition coefficient (Wildman–Crippen LogP) is 2.82. The van der Waals surface area contributed by atoms with Crippen molar-refractivity contribution in [2.24, 2.45) is 5.92 Å². The number of hydrogen-bond acceptors (Lipinski definition) is 1. The summed E-state index contributed by atoms with van der Waals surface area (Å²) in [7, 11) is 0. The van der Waals surface area contributed by atoms with E-state index in [0.29, 0.717) is 5.92 Å². The van der Waals surface area contributed by atoms with Crippen molar-refractivity contribution in [1.29, 1.82) is 0 Å². The highest BCUT2D eigenvalue weighted by molar-refractivity contribution is 5.66. The van der Waals surface area contributed by atoms with Gasteiger partial charge in [0, 0.05) is 9.11 Å². The Kier molecular flexibility index (Phi) is 2.99. The lowest BCUT2D eigenvalue weighted by atomic mass is 9.86. The predicted molar refractivity (Wildman–Crippen MR) is 48.1 cm³/mol. The van der Waals surface area contributed by atoms with Crippen molar-refractivity contribution in [3.63, 3.8) is 0 Å². The largest absolute Gasteiger partial charge is 0.481 e. The van der Waals surface area contributed by atoms with E-state index in [1.54, 1.807) is 0 Å². The van der Waals surface area contributed by atoms with Gasteiger partial charge in [0.25, 0.3) is 0 Å². The summed E-state index contributed by atoms with van der Waals surface area (Å²) in [5, 5.41) is 8.60. The van der Waals surface area contributed by atoms with Gasteiger partial charge in [-0.05, 0) is 18.8 Å². The van der Waals surface area contributed by atoms with Gasteiger partial charge in [0.15, 0.2) is 0 Å². The lowest BCUT2D eigenvalue weighted by Crippen LogP contribution is -2.06. The number of aliphatic carboxylic acids is 1. The van der Waals surface area contributed by atoms with Crippen molar-refractivity contribution >= 4 is 5.97 Å². The number of hydrogen-bond donors (Lipinski definition) is 1. The van der Waals surface area contributed by atoms with Gasteiger partial charge in [0.2, 0.25) is 0 Å². The molecule has 1 rings (SSSR count). The van der Waals surface area contributed by atoms with Gasteiger partial charge in [-0.25, -0.2) is 0 Å². The quantitative estimate of drug-likeness (QED) is 0.708. The average molecular weight is 172 g/mol. The molecule has 0 heterocycles. The molecule has 12 heavy (non-hydrogen) atoms. The van der Waals surface area contributed by atoms with Crippen LogP contribution >= 0.6 is 0 Å². The normalized spacial score (nSPS) is 23.0. The van der Waals surface area contributed by atoms with Crippen molar-refractivity contribution in [2.45, 2.75) is 51.3 Å². The number of carboxylic acids is 1. The SMILES string of the molecule is [2H]C([2H])(CCC1CCCCC1)C(=O)O. The van der Waals surface area contributed by atoms with Gasteiger partial charge in [0.05, 0.1) is 0 Å². The molecule has 0 aromatic heterocycles. The number of rotatable bonds is 4. The smallest absolute Gasteiger partial charge is 0.303 e. The first-order valence-corrected chi connectivity index (χ1v) is 4.76. The zero-order chi connectivity index (χ0) is 10.6. The molecule has 2 heteroatoms. The van der Waals surface area contributed by atoms with Crippen LogP contribution in [-0.4, -0.2) is 11.1 Å². The van der Waals surface area contributed by atoms with Gasteiger partial charge in [-0.15, -0.1) is 0 Å². The van der Waals surface area contributed by atoms with E-state index in [1.165, 1.54) is 19.3 Å². The molecule has 0 saturated heterocycles. The zero-order valence-corrected chi connectivity index (χ0v) is 7.38. The van der Waals surface area contributed by atoms with E-state index in [0.717, 1.165) is 19.3 Å². The third kappa shape index (κ3) is 3.74. The third-order valence-electron chi connectivity index (χ3n) is 2.55. The van der Waals surface area contributed by atoms with Gasteiger partial charge in [-0.1, -0.05) is 32.1 Å². The molecule has 1 fully saturated rings. The molecule has 0 bridgehead atoms. The molecule has 0 aromatic carbocycles. The first-order valence-electron chi connectivity index (χ1n) is 5.76. The van der Waals surface area contributed by atoms with E-state index >= 15 is 0 Å². The Bertz CT molecular complexity index is 198. The fourth-order valence-corrected chi connectivity index (χ4v) is 1.86. The molecule has 1 aliphatic rings. The molecule has 1 saturated carbocycles. The van der Waals surface area contributed by atoms with Crippen LogP contribution in [0.25, 0.3) is 0 Å². The Morgan fingerprint density at radius 2 is 2.08 bits per heavy atom. The number of carboxylic acid groups (broad SMARTS) is 1. The summed E-state index contributed by atoms with van der Waals surface area (Å²) in [6.45, 7) is 0. The first kappa shape index (κ1) is 6.93. The second-order valence-electron chi connectivity index (χ2n) is 3.52. The van der Waals surface area contributed by atoms with E-state index in [-0.39, 0.29) is 6.42 Å². The number of carbonyl (C=O) groups is 1. The summed E-state index contributed by atoms with van der Waals surface area (Å²) < 4.78 is 14.5. The molecular formula is C10H18O2. The topological polar surface area (TPSA) is 37.3 Å². The first-order chi connectivity index (χ1) is 6.52. The van der Waals surface area contributed by atoms with Crippen molar-refractivity contribution in [2.75, 3.05) is 0 Å². The van der Waals surface area contributed by atoms with Crippen LogP contribution in [0.5, 0.6) is 0 Å². The molecule has 0 atom stereocenters. The van der Waals surface area contributed by atoms with Gasteiger partial charge >= 0.3 is 5.97 Å². The minimum absolute atomic E-state index is 0.160. The third-order valence-corrected chi connectivity index (χ3v) is 2.55. The summed E-state index contributed by atoms with van der Waals surface area (Å²) in [4.78, 5) is 10.5. The maximum Gasteiger partial charge on any atom is 0.303 e. The second-order valence-corrected chi connectivity index (χ2v) is 3.52. The summed E-state index contributed by atoms with van der Waals surface area (Å²) in [6, 6.07) is 0. The summed E-state index contributed by atoms with van der Waals surface area (Å²) in [6.07, 6.45) is 4.87. The van der Waals surface area contributed by atoms with Gasteiger partial charge in [-0.2, -0.15) is 0 Å². The molecule has 0 unspecified atom stereocenters. The van der Waals surface area contributed by atoms with E-state index in [1.807, 2.05) is 0 Å². The van der Waals surface area contributed by atoms with Gasteiger partial charge < -0.3 is 5.11 Å². The van der Waals surface area contributed by atoms with Crippen molar-refractivity contribution < 1.29 is 12.6 Å². The fourth-order valence-electron chi connectivity index (χ4n) is 1.86. The Morgan fingerprint density at radius 1 is 1.42 bits per heavy atom. The van der Waals surface area contributed by atoms with E-state index in [9.17, 15) is 4.79 Å². The maximum absolute atomic E-state index is 10.5. The summed E-state index contributed by atoms with van der Waals surface area (Å²) in [5.74, 6) is -0.772. The average Bonchev–Trinajstić information content (AvgIpc) is 2.16. The molecule has 70 valence electrons. The van der Waals surface area contributed by atoms with Crippen LogP contribution < -0.4 is 0 Å². The Morgan fingerprint density at radius 3 is 2.67 bits per heavy atom. The summed E-state index contributed by atoms with van der Waals surface area (Å²) in [5.41, 5.74) is 0. The highest BCUT2D eigenvalue weighted by atomic mass is 16.4. The molecule has 0 radical (unpaired) electrons. The molecule has 0 aromatic rings. The van der Waals surface area contributed by atoms with Crippen LogP contribution in [0.2, 0.25) is 0 Å². The van der Waals surface area contributed by atoms with E-state index < -0.39 is 12.3 Å². The molecule has 2 nitrogen and oxygen atoms in total. The molecule has 1 aliphatic carbocycles. The lowest BCUT2D eigenvalue weighted by Gasteiger charge is -2.20. The minimum atomic E-state index is -2.03. The fraction of sp³-hybridized carbons (Fsp3) is 0.900. The highest BCUT2D eigenvalue weighted by Gasteiger charge is 2.12. The van der Waals surface area contributed by atoms with Gasteiger partial charge in [0.1, 0.15) is 0 Å².